The molecule has 1 saturated heterocycles. The highest BCUT2D eigenvalue weighted by Gasteiger charge is 2.22. The Morgan fingerprint density at radius 2 is 2.17 bits per heavy atom. The van der Waals surface area contributed by atoms with E-state index in [-0.39, 0.29) is 0 Å². The Labute approximate surface area is 84.8 Å². The Morgan fingerprint density at radius 3 is 2.67 bits per heavy atom. The average Bonchev–Trinajstić information content (AvgIpc) is 1.91. The molecular formula is C9H8BrClO. The largest absolute Gasteiger partial charge is 0.380 e. The van der Waals surface area contributed by atoms with Gasteiger partial charge in [0.2, 0.25) is 0 Å². The molecule has 0 bridgehead atoms. The zero-order valence-electron chi connectivity index (χ0n) is 6.39. The lowest BCUT2D eigenvalue weighted by Crippen LogP contribution is -2.25. The van der Waals surface area contributed by atoms with Crippen molar-refractivity contribution in [3.8, 4) is 0 Å². The summed E-state index contributed by atoms with van der Waals surface area (Å²) in [6, 6.07) is 5.99. The molecule has 2 rings (SSSR count). The standard InChI is InChI=1S/C9H8BrClO/c10-7-1-2-8(9(11)3-7)6-4-12-5-6/h1-3,6H,4-5H2. The van der Waals surface area contributed by atoms with Crippen LogP contribution in [0.2, 0.25) is 5.02 Å². The second-order valence-electron chi connectivity index (χ2n) is 2.90. The van der Waals surface area contributed by atoms with Gasteiger partial charge in [-0.2, -0.15) is 0 Å². The van der Waals surface area contributed by atoms with Crippen molar-refractivity contribution in [1.82, 2.24) is 0 Å². The minimum absolute atomic E-state index is 0.505. The van der Waals surface area contributed by atoms with Gasteiger partial charge in [0, 0.05) is 15.4 Å². The molecule has 0 unspecified atom stereocenters. The molecule has 0 saturated carbocycles. The SMILES string of the molecule is Clc1cc(Br)ccc1C1COC1. The number of benzene rings is 1. The van der Waals surface area contributed by atoms with Crippen molar-refractivity contribution < 1.29 is 4.74 Å². The maximum Gasteiger partial charge on any atom is 0.0557 e. The summed E-state index contributed by atoms with van der Waals surface area (Å²) in [7, 11) is 0. The van der Waals surface area contributed by atoms with E-state index in [1.54, 1.807) is 0 Å². The van der Waals surface area contributed by atoms with Crippen molar-refractivity contribution in [2.24, 2.45) is 0 Å². The van der Waals surface area contributed by atoms with Crippen molar-refractivity contribution in [2.45, 2.75) is 5.92 Å². The van der Waals surface area contributed by atoms with E-state index in [9.17, 15) is 0 Å². The van der Waals surface area contributed by atoms with E-state index in [1.807, 2.05) is 12.1 Å². The summed E-state index contributed by atoms with van der Waals surface area (Å²) in [5.41, 5.74) is 1.20. The molecule has 0 aromatic heterocycles. The summed E-state index contributed by atoms with van der Waals surface area (Å²) in [5.74, 6) is 0.505. The smallest absolute Gasteiger partial charge is 0.0557 e. The molecule has 1 fully saturated rings. The van der Waals surface area contributed by atoms with E-state index >= 15 is 0 Å². The summed E-state index contributed by atoms with van der Waals surface area (Å²) in [5, 5.41) is 0.831. The van der Waals surface area contributed by atoms with Gasteiger partial charge in [-0.05, 0) is 17.7 Å². The van der Waals surface area contributed by atoms with Gasteiger partial charge in [0.05, 0.1) is 13.2 Å². The molecule has 0 atom stereocenters. The zero-order valence-corrected chi connectivity index (χ0v) is 8.73. The van der Waals surface area contributed by atoms with E-state index in [1.165, 1.54) is 5.56 Å². The molecule has 0 N–H and O–H groups in total. The molecule has 1 aromatic rings. The highest BCUT2D eigenvalue weighted by atomic mass is 79.9. The van der Waals surface area contributed by atoms with Gasteiger partial charge in [0.25, 0.3) is 0 Å². The first-order chi connectivity index (χ1) is 5.77. The molecule has 64 valence electrons. The van der Waals surface area contributed by atoms with Gasteiger partial charge in [0.1, 0.15) is 0 Å². The Hall–Kier alpha value is -0.0500. The second-order valence-corrected chi connectivity index (χ2v) is 4.22. The zero-order chi connectivity index (χ0) is 8.55. The Bertz CT molecular complexity index is 297. The van der Waals surface area contributed by atoms with Crippen LogP contribution in [0, 0.1) is 0 Å². The van der Waals surface area contributed by atoms with Crippen molar-refractivity contribution >= 4 is 27.5 Å². The molecular weight excluding hydrogens is 239 g/mol. The minimum atomic E-state index is 0.505. The predicted molar refractivity (Wildman–Crippen MR) is 52.7 cm³/mol. The van der Waals surface area contributed by atoms with Gasteiger partial charge in [0.15, 0.2) is 0 Å². The maximum absolute atomic E-state index is 6.05. The summed E-state index contributed by atoms with van der Waals surface area (Å²) in [4.78, 5) is 0. The lowest BCUT2D eigenvalue weighted by molar-refractivity contribution is 0.00845. The van der Waals surface area contributed by atoms with Crippen molar-refractivity contribution in [2.75, 3.05) is 13.2 Å². The van der Waals surface area contributed by atoms with Crippen molar-refractivity contribution in [1.29, 1.82) is 0 Å². The van der Waals surface area contributed by atoms with Gasteiger partial charge in [-0.25, -0.2) is 0 Å². The highest BCUT2D eigenvalue weighted by Crippen LogP contribution is 2.31. The topological polar surface area (TPSA) is 9.23 Å². The van der Waals surface area contributed by atoms with Crippen LogP contribution >= 0.6 is 27.5 Å². The molecule has 12 heavy (non-hydrogen) atoms. The van der Waals surface area contributed by atoms with Crippen molar-refractivity contribution in [3.63, 3.8) is 0 Å². The van der Waals surface area contributed by atoms with E-state index in [2.05, 4.69) is 22.0 Å². The third kappa shape index (κ3) is 1.51. The van der Waals surface area contributed by atoms with Crippen LogP contribution in [0.3, 0.4) is 0 Å². The maximum atomic E-state index is 6.05. The predicted octanol–water partition coefficient (Wildman–Crippen LogP) is 3.22. The lowest BCUT2D eigenvalue weighted by Gasteiger charge is -2.27. The van der Waals surface area contributed by atoms with Crippen LogP contribution in [0.15, 0.2) is 22.7 Å². The van der Waals surface area contributed by atoms with E-state index in [4.69, 9.17) is 16.3 Å². The summed E-state index contributed by atoms with van der Waals surface area (Å²) >= 11 is 9.42. The van der Waals surface area contributed by atoms with Gasteiger partial charge < -0.3 is 4.74 Å². The van der Waals surface area contributed by atoms with Crippen LogP contribution in [-0.2, 0) is 4.74 Å². The van der Waals surface area contributed by atoms with E-state index in [0.29, 0.717) is 5.92 Å². The van der Waals surface area contributed by atoms with Gasteiger partial charge >= 0.3 is 0 Å². The van der Waals surface area contributed by atoms with Crippen LogP contribution < -0.4 is 0 Å². The molecule has 0 spiro atoms. The first-order valence-corrected chi connectivity index (χ1v) is 4.97. The molecule has 1 nitrogen and oxygen atoms in total. The molecule has 3 heteroatoms. The first-order valence-electron chi connectivity index (χ1n) is 3.80. The molecule has 0 amide bonds. The molecule has 1 aromatic carbocycles. The van der Waals surface area contributed by atoms with Crippen LogP contribution in [-0.4, -0.2) is 13.2 Å². The van der Waals surface area contributed by atoms with Crippen LogP contribution in [0.5, 0.6) is 0 Å². The number of hydrogen-bond acceptors (Lipinski definition) is 1. The summed E-state index contributed by atoms with van der Waals surface area (Å²) < 4.78 is 6.13. The molecule has 1 heterocycles. The third-order valence-electron chi connectivity index (χ3n) is 2.04. The van der Waals surface area contributed by atoms with E-state index < -0.39 is 0 Å². The number of ether oxygens (including phenoxy) is 1. The monoisotopic (exact) mass is 246 g/mol. The number of rotatable bonds is 1. The van der Waals surface area contributed by atoms with Crippen molar-refractivity contribution in [3.05, 3.63) is 33.3 Å². The fourth-order valence-electron chi connectivity index (χ4n) is 1.25. The van der Waals surface area contributed by atoms with Crippen LogP contribution in [0.1, 0.15) is 11.5 Å². The first kappa shape index (κ1) is 8.54. The molecule has 0 radical (unpaired) electrons. The molecule has 1 aliphatic rings. The Kier molecular flexibility index (Phi) is 2.40. The minimum Gasteiger partial charge on any atom is -0.380 e. The number of halogens is 2. The van der Waals surface area contributed by atoms with Gasteiger partial charge in [-0.1, -0.05) is 33.6 Å². The van der Waals surface area contributed by atoms with Crippen LogP contribution in [0.25, 0.3) is 0 Å². The normalized spacial score (nSPS) is 17.5. The summed E-state index contributed by atoms with van der Waals surface area (Å²) in [6.07, 6.45) is 0. The lowest BCUT2D eigenvalue weighted by atomic mass is 9.98. The third-order valence-corrected chi connectivity index (χ3v) is 2.86. The molecule has 1 aliphatic heterocycles. The van der Waals surface area contributed by atoms with E-state index in [0.717, 1.165) is 22.7 Å². The Morgan fingerprint density at radius 1 is 1.42 bits per heavy atom. The van der Waals surface area contributed by atoms with Gasteiger partial charge in [-0.3, -0.25) is 0 Å². The highest BCUT2D eigenvalue weighted by molar-refractivity contribution is 9.10. The Balaban J connectivity index is 2.31. The average molecular weight is 248 g/mol. The summed E-state index contributed by atoms with van der Waals surface area (Å²) in [6.45, 7) is 1.61. The number of hydrogen-bond donors (Lipinski definition) is 0. The van der Waals surface area contributed by atoms with Gasteiger partial charge in [-0.15, -0.1) is 0 Å². The molecule has 0 aliphatic carbocycles. The van der Waals surface area contributed by atoms with Crippen LogP contribution in [0.4, 0.5) is 0 Å². The second kappa shape index (κ2) is 3.36. The quantitative estimate of drug-likeness (QED) is 0.740. The fraction of sp³-hybridized carbons (Fsp3) is 0.333. The fourth-order valence-corrected chi connectivity index (χ4v) is 2.08.